The second-order valence-corrected chi connectivity index (χ2v) is 4.17. The molecule has 80 valence electrons. The van der Waals surface area contributed by atoms with Gasteiger partial charge in [-0.15, -0.1) is 0 Å². The molecule has 0 atom stereocenters. The highest BCUT2D eigenvalue weighted by molar-refractivity contribution is 5.84. The van der Waals surface area contributed by atoms with E-state index >= 15 is 0 Å². The first-order valence-electron chi connectivity index (χ1n) is 5.45. The molecule has 0 bridgehead atoms. The smallest absolute Gasteiger partial charge is 0.0897 e. The maximum absolute atomic E-state index is 4.57. The molecule has 0 aromatic carbocycles. The predicted molar refractivity (Wildman–Crippen MR) is 62.0 cm³/mol. The topological polar surface area (TPSA) is 30.7 Å². The zero-order valence-electron chi connectivity index (χ0n) is 9.78. The van der Waals surface area contributed by atoms with E-state index in [-0.39, 0.29) is 0 Å². The maximum atomic E-state index is 4.57. The second kappa shape index (κ2) is 3.65. The molecular weight excluding hydrogens is 186 g/mol. The highest BCUT2D eigenvalue weighted by Gasteiger charge is 2.13. The van der Waals surface area contributed by atoms with Gasteiger partial charge in [0.25, 0.3) is 0 Å². The molecule has 0 aliphatic carbocycles. The summed E-state index contributed by atoms with van der Waals surface area (Å²) in [5, 5.41) is 5.82. The normalized spacial score (nSPS) is 11.5. The summed E-state index contributed by atoms with van der Waals surface area (Å²) in [5.41, 5.74) is 3.49. The molecule has 0 amide bonds. The predicted octanol–water partition coefficient (Wildman–Crippen LogP) is 2.65. The Morgan fingerprint density at radius 2 is 2.13 bits per heavy atom. The molecule has 2 heterocycles. The molecule has 0 saturated heterocycles. The van der Waals surface area contributed by atoms with Crippen molar-refractivity contribution in [3.8, 4) is 0 Å². The summed E-state index contributed by atoms with van der Waals surface area (Å²) in [5.74, 6) is 0.459. The lowest BCUT2D eigenvalue weighted by atomic mass is 10.1. The van der Waals surface area contributed by atoms with Crippen molar-refractivity contribution in [2.45, 2.75) is 33.1 Å². The van der Waals surface area contributed by atoms with Crippen molar-refractivity contribution < 1.29 is 0 Å². The van der Waals surface area contributed by atoms with Gasteiger partial charge in [-0.1, -0.05) is 20.8 Å². The summed E-state index contributed by atoms with van der Waals surface area (Å²) in [6.07, 6.45) is 2.84. The van der Waals surface area contributed by atoms with E-state index in [2.05, 4.69) is 36.9 Å². The van der Waals surface area contributed by atoms with Crippen LogP contribution in [0.1, 0.15) is 38.1 Å². The average molecular weight is 203 g/mol. The van der Waals surface area contributed by atoms with Gasteiger partial charge in [-0.05, 0) is 18.4 Å². The molecular formula is C12H17N3. The van der Waals surface area contributed by atoms with Crippen LogP contribution < -0.4 is 0 Å². The monoisotopic (exact) mass is 203 g/mol. The van der Waals surface area contributed by atoms with Crippen LogP contribution >= 0.6 is 0 Å². The van der Waals surface area contributed by atoms with Crippen molar-refractivity contribution in [1.82, 2.24) is 14.8 Å². The van der Waals surface area contributed by atoms with Crippen LogP contribution in [0.15, 0.2) is 12.3 Å². The Hall–Kier alpha value is -1.38. The Kier molecular flexibility index (Phi) is 2.47. The van der Waals surface area contributed by atoms with Crippen LogP contribution in [0.4, 0.5) is 0 Å². The number of nitrogens with zero attached hydrogens (tertiary/aromatic N) is 3. The zero-order chi connectivity index (χ0) is 11.0. The van der Waals surface area contributed by atoms with Crippen LogP contribution in [-0.4, -0.2) is 14.8 Å². The van der Waals surface area contributed by atoms with Gasteiger partial charge in [0, 0.05) is 18.6 Å². The molecule has 0 aliphatic rings. The molecule has 0 unspecified atom stereocenters. The molecule has 2 aromatic heterocycles. The summed E-state index contributed by atoms with van der Waals surface area (Å²) >= 11 is 0. The minimum atomic E-state index is 0.459. The number of fused-ring (bicyclic) bond motifs is 1. The molecule has 2 aromatic rings. The van der Waals surface area contributed by atoms with Gasteiger partial charge in [0.2, 0.25) is 0 Å². The molecule has 0 aliphatic heterocycles. The molecule has 3 nitrogen and oxygen atoms in total. The lowest BCUT2D eigenvalue weighted by Gasteiger charge is -2.01. The number of pyridine rings is 1. The average Bonchev–Trinajstić information content (AvgIpc) is 2.56. The van der Waals surface area contributed by atoms with Crippen LogP contribution in [0, 0.1) is 0 Å². The van der Waals surface area contributed by atoms with E-state index in [1.807, 2.05) is 17.9 Å². The molecule has 0 fully saturated rings. The van der Waals surface area contributed by atoms with Crippen LogP contribution in [0.5, 0.6) is 0 Å². The van der Waals surface area contributed by atoms with Crippen LogP contribution in [-0.2, 0) is 13.5 Å². The number of hydrogen-bond donors (Lipinski definition) is 0. The Labute approximate surface area is 90.1 Å². The third-order valence-corrected chi connectivity index (χ3v) is 2.74. The fraction of sp³-hybridized carbons (Fsp3) is 0.500. The first-order valence-corrected chi connectivity index (χ1v) is 5.45. The van der Waals surface area contributed by atoms with Gasteiger partial charge in [0.05, 0.1) is 16.9 Å². The van der Waals surface area contributed by atoms with Gasteiger partial charge >= 0.3 is 0 Å². The summed E-state index contributed by atoms with van der Waals surface area (Å²) in [7, 11) is 2.00. The van der Waals surface area contributed by atoms with E-state index in [1.165, 1.54) is 16.6 Å². The van der Waals surface area contributed by atoms with Crippen LogP contribution in [0.25, 0.3) is 10.9 Å². The van der Waals surface area contributed by atoms with Gasteiger partial charge in [0.15, 0.2) is 0 Å². The van der Waals surface area contributed by atoms with Crippen molar-refractivity contribution in [3.05, 3.63) is 23.7 Å². The third kappa shape index (κ3) is 1.52. The van der Waals surface area contributed by atoms with Gasteiger partial charge < -0.3 is 0 Å². The lowest BCUT2D eigenvalue weighted by Crippen LogP contribution is -1.96. The van der Waals surface area contributed by atoms with Crippen LogP contribution in [0.2, 0.25) is 0 Å². The van der Waals surface area contributed by atoms with Crippen molar-refractivity contribution in [1.29, 1.82) is 0 Å². The van der Waals surface area contributed by atoms with E-state index in [0.717, 1.165) is 12.1 Å². The standard InChI is InChI=1S/C12H17N3/c1-5-10-12-9(6-7-13-10)11(8(2)3)14-15(12)4/h6-8H,5H2,1-4H3. The summed E-state index contributed by atoms with van der Waals surface area (Å²) in [6.45, 7) is 6.48. The zero-order valence-corrected chi connectivity index (χ0v) is 9.78. The minimum Gasteiger partial charge on any atom is -0.266 e. The number of rotatable bonds is 2. The molecule has 15 heavy (non-hydrogen) atoms. The molecule has 0 saturated carbocycles. The molecule has 0 N–H and O–H groups in total. The summed E-state index contributed by atoms with van der Waals surface area (Å²) in [6, 6.07) is 2.07. The van der Waals surface area contributed by atoms with Crippen molar-refractivity contribution in [3.63, 3.8) is 0 Å². The van der Waals surface area contributed by atoms with Gasteiger partial charge in [0.1, 0.15) is 0 Å². The van der Waals surface area contributed by atoms with E-state index in [1.54, 1.807) is 0 Å². The molecule has 0 radical (unpaired) electrons. The maximum Gasteiger partial charge on any atom is 0.0897 e. The first-order chi connectivity index (χ1) is 7.15. The Morgan fingerprint density at radius 1 is 1.40 bits per heavy atom. The fourth-order valence-corrected chi connectivity index (χ4v) is 2.02. The number of hydrogen-bond acceptors (Lipinski definition) is 2. The van der Waals surface area contributed by atoms with Crippen molar-refractivity contribution >= 4 is 10.9 Å². The summed E-state index contributed by atoms with van der Waals surface area (Å²) < 4.78 is 1.95. The van der Waals surface area contributed by atoms with Crippen molar-refractivity contribution in [2.75, 3.05) is 0 Å². The van der Waals surface area contributed by atoms with E-state index in [0.29, 0.717) is 5.92 Å². The van der Waals surface area contributed by atoms with Crippen molar-refractivity contribution in [2.24, 2.45) is 7.05 Å². The second-order valence-electron chi connectivity index (χ2n) is 4.17. The van der Waals surface area contributed by atoms with Gasteiger partial charge in [-0.2, -0.15) is 5.10 Å². The third-order valence-electron chi connectivity index (χ3n) is 2.74. The first kappa shape index (κ1) is 10.1. The largest absolute Gasteiger partial charge is 0.266 e. The molecule has 2 rings (SSSR count). The lowest BCUT2D eigenvalue weighted by molar-refractivity contribution is 0.726. The Balaban J connectivity index is 2.79. The SMILES string of the molecule is CCc1nccc2c(C(C)C)nn(C)c12. The summed E-state index contributed by atoms with van der Waals surface area (Å²) in [4.78, 5) is 4.40. The highest BCUT2D eigenvalue weighted by Crippen LogP contribution is 2.25. The molecule has 3 heteroatoms. The van der Waals surface area contributed by atoms with Gasteiger partial charge in [-0.25, -0.2) is 0 Å². The van der Waals surface area contributed by atoms with Gasteiger partial charge in [-0.3, -0.25) is 9.67 Å². The quantitative estimate of drug-likeness (QED) is 0.751. The van der Waals surface area contributed by atoms with E-state index in [9.17, 15) is 0 Å². The van der Waals surface area contributed by atoms with E-state index in [4.69, 9.17) is 0 Å². The Bertz CT molecular complexity index is 483. The van der Waals surface area contributed by atoms with Crippen LogP contribution in [0.3, 0.4) is 0 Å². The number of aromatic nitrogens is 3. The van der Waals surface area contributed by atoms with E-state index < -0.39 is 0 Å². The Morgan fingerprint density at radius 3 is 2.73 bits per heavy atom. The number of aryl methyl sites for hydroxylation is 2. The fourth-order valence-electron chi connectivity index (χ4n) is 2.02. The molecule has 0 spiro atoms. The minimum absolute atomic E-state index is 0.459. The highest BCUT2D eigenvalue weighted by atomic mass is 15.3.